The molecule has 4 nitrogen and oxygen atoms in total. The topological polar surface area (TPSA) is 61.4 Å². The Balaban J connectivity index is 2.06. The lowest BCUT2D eigenvalue weighted by Gasteiger charge is -2.27. The molecule has 0 radical (unpaired) electrons. The first-order valence-corrected chi connectivity index (χ1v) is 6.13. The number of benzene rings is 1. The zero-order valence-corrected chi connectivity index (χ0v) is 10.0. The molecule has 1 aromatic carbocycles. The van der Waals surface area contributed by atoms with Crippen LogP contribution in [0, 0.1) is 5.82 Å². The lowest BCUT2D eigenvalue weighted by molar-refractivity contribution is -0.105. The van der Waals surface area contributed by atoms with Gasteiger partial charge in [-0.1, -0.05) is 0 Å². The van der Waals surface area contributed by atoms with Crippen LogP contribution >= 0.6 is 0 Å². The summed E-state index contributed by atoms with van der Waals surface area (Å²) in [6, 6.07) is 4.52. The third kappa shape index (κ3) is 3.20. The Morgan fingerprint density at radius 1 is 1.22 bits per heavy atom. The first-order chi connectivity index (χ1) is 8.69. The third-order valence-corrected chi connectivity index (χ3v) is 3.25. The molecule has 1 fully saturated rings. The highest BCUT2D eigenvalue weighted by atomic mass is 19.1. The van der Waals surface area contributed by atoms with Crippen LogP contribution in [-0.2, 0) is 4.79 Å². The number of aliphatic hydroxyl groups is 1. The van der Waals surface area contributed by atoms with Crippen LogP contribution in [0.5, 0.6) is 0 Å². The molecule has 1 amide bonds. The van der Waals surface area contributed by atoms with Crippen LogP contribution in [-0.4, -0.2) is 23.7 Å². The number of nitrogens with one attached hydrogen (secondary N) is 2. The maximum absolute atomic E-state index is 13.1. The van der Waals surface area contributed by atoms with Crippen LogP contribution in [0.2, 0.25) is 0 Å². The molecule has 98 valence electrons. The predicted molar refractivity (Wildman–Crippen MR) is 68.0 cm³/mol. The molecule has 0 aromatic heterocycles. The molecular formula is C13H17FN2O2. The van der Waals surface area contributed by atoms with Gasteiger partial charge >= 0.3 is 0 Å². The van der Waals surface area contributed by atoms with Gasteiger partial charge in [0.2, 0.25) is 6.41 Å². The van der Waals surface area contributed by atoms with Gasteiger partial charge in [-0.3, -0.25) is 4.79 Å². The first-order valence-electron chi connectivity index (χ1n) is 6.13. The minimum absolute atomic E-state index is 0.205. The molecule has 0 bridgehead atoms. The largest absolute Gasteiger partial charge is 0.393 e. The van der Waals surface area contributed by atoms with Gasteiger partial charge < -0.3 is 15.7 Å². The Morgan fingerprint density at radius 2 is 1.94 bits per heavy atom. The molecule has 3 N–H and O–H groups in total. The monoisotopic (exact) mass is 252 g/mol. The van der Waals surface area contributed by atoms with E-state index in [-0.39, 0.29) is 18.0 Å². The van der Waals surface area contributed by atoms with Gasteiger partial charge in [-0.15, -0.1) is 0 Å². The number of halogens is 1. The van der Waals surface area contributed by atoms with E-state index < -0.39 is 0 Å². The van der Waals surface area contributed by atoms with Crippen molar-refractivity contribution in [3.8, 4) is 0 Å². The molecule has 0 heterocycles. The van der Waals surface area contributed by atoms with Gasteiger partial charge in [0, 0.05) is 6.04 Å². The standard InChI is InChI=1S/C13H17FN2O2/c14-9-1-6-12(13(7-9)15-8-17)16-10-2-4-11(18)5-3-10/h1,6-8,10-11,16,18H,2-5H2,(H,15,17). The minimum atomic E-state index is -0.385. The van der Waals surface area contributed by atoms with Gasteiger partial charge in [-0.25, -0.2) is 4.39 Å². The van der Waals surface area contributed by atoms with E-state index in [2.05, 4.69) is 10.6 Å². The van der Waals surface area contributed by atoms with Gasteiger partial charge in [-0.05, 0) is 43.9 Å². The molecule has 0 spiro atoms. The second kappa shape index (κ2) is 5.82. The van der Waals surface area contributed by atoms with E-state index in [0.717, 1.165) is 25.7 Å². The summed E-state index contributed by atoms with van der Waals surface area (Å²) in [4.78, 5) is 10.5. The smallest absolute Gasteiger partial charge is 0.211 e. The number of aliphatic hydroxyl groups excluding tert-OH is 1. The van der Waals surface area contributed by atoms with Crippen molar-refractivity contribution in [2.75, 3.05) is 10.6 Å². The molecule has 2 rings (SSSR count). The Bertz CT molecular complexity index is 417. The highest BCUT2D eigenvalue weighted by Gasteiger charge is 2.19. The molecule has 18 heavy (non-hydrogen) atoms. The molecule has 1 saturated carbocycles. The Hall–Kier alpha value is -1.62. The zero-order chi connectivity index (χ0) is 13.0. The van der Waals surface area contributed by atoms with E-state index in [1.165, 1.54) is 12.1 Å². The summed E-state index contributed by atoms with van der Waals surface area (Å²) >= 11 is 0. The Kier molecular flexibility index (Phi) is 4.15. The highest BCUT2D eigenvalue weighted by molar-refractivity contribution is 5.80. The normalized spacial score (nSPS) is 23.4. The maximum Gasteiger partial charge on any atom is 0.211 e. The van der Waals surface area contributed by atoms with Gasteiger partial charge in [0.25, 0.3) is 0 Å². The number of carbonyl (C=O) groups excluding carboxylic acids is 1. The fraction of sp³-hybridized carbons (Fsp3) is 0.462. The van der Waals surface area contributed by atoms with Gasteiger partial charge in [0.15, 0.2) is 0 Å². The Morgan fingerprint density at radius 3 is 2.61 bits per heavy atom. The van der Waals surface area contributed by atoms with Crippen LogP contribution in [0.15, 0.2) is 18.2 Å². The molecule has 0 unspecified atom stereocenters. The van der Waals surface area contributed by atoms with E-state index in [0.29, 0.717) is 17.8 Å². The van der Waals surface area contributed by atoms with Crippen molar-refractivity contribution >= 4 is 17.8 Å². The molecule has 5 heteroatoms. The van der Waals surface area contributed by atoms with Crippen molar-refractivity contribution < 1.29 is 14.3 Å². The maximum atomic E-state index is 13.1. The number of anilines is 2. The van der Waals surface area contributed by atoms with E-state index in [1.807, 2.05) is 0 Å². The minimum Gasteiger partial charge on any atom is -0.393 e. The number of carbonyl (C=O) groups is 1. The average Bonchev–Trinajstić information content (AvgIpc) is 2.36. The summed E-state index contributed by atoms with van der Waals surface area (Å²) in [7, 11) is 0. The average molecular weight is 252 g/mol. The zero-order valence-electron chi connectivity index (χ0n) is 10.0. The lowest BCUT2D eigenvalue weighted by atomic mass is 9.93. The van der Waals surface area contributed by atoms with Crippen LogP contribution in [0.3, 0.4) is 0 Å². The molecule has 1 aliphatic rings. The van der Waals surface area contributed by atoms with Crippen molar-refractivity contribution in [1.29, 1.82) is 0 Å². The molecule has 0 saturated heterocycles. The summed E-state index contributed by atoms with van der Waals surface area (Å²) in [6.07, 6.45) is 3.62. The summed E-state index contributed by atoms with van der Waals surface area (Å²) in [5.41, 5.74) is 1.15. The van der Waals surface area contributed by atoms with Crippen LogP contribution in [0.1, 0.15) is 25.7 Å². The van der Waals surface area contributed by atoms with Gasteiger partial charge in [-0.2, -0.15) is 0 Å². The van der Waals surface area contributed by atoms with Crippen LogP contribution in [0.4, 0.5) is 15.8 Å². The molecular weight excluding hydrogens is 235 g/mol. The van der Waals surface area contributed by atoms with Gasteiger partial charge in [0.1, 0.15) is 5.82 Å². The molecule has 1 aliphatic carbocycles. The second-order valence-electron chi connectivity index (χ2n) is 4.60. The predicted octanol–water partition coefficient (Wildman–Crippen LogP) is 2.11. The van der Waals surface area contributed by atoms with Crippen molar-refractivity contribution in [3.63, 3.8) is 0 Å². The summed E-state index contributed by atoms with van der Waals surface area (Å²) in [5, 5.41) is 15.2. The fourth-order valence-electron chi connectivity index (χ4n) is 2.27. The quantitative estimate of drug-likeness (QED) is 0.719. The number of hydrogen-bond acceptors (Lipinski definition) is 3. The number of hydrogen-bond donors (Lipinski definition) is 3. The molecule has 0 aliphatic heterocycles. The van der Waals surface area contributed by atoms with E-state index in [9.17, 15) is 14.3 Å². The summed E-state index contributed by atoms with van der Waals surface area (Å²) in [5.74, 6) is -0.385. The van der Waals surface area contributed by atoms with Crippen molar-refractivity contribution in [3.05, 3.63) is 24.0 Å². The molecule has 0 atom stereocenters. The Labute approximate surface area is 105 Å². The highest BCUT2D eigenvalue weighted by Crippen LogP contribution is 2.27. The summed E-state index contributed by atoms with van der Waals surface area (Å²) in [6.45, 7) is 0. The van der Waals surface area contributed by atoms with E-state index in [1.54, 1.807) is 6.07 Å². The van der Waals surface area contributed by atoms with Crippen molar-refractivity contribution in [1.82, 2.24) is 0 Å². The first kappa shape index (κ1) is 12.8. The second-order valence-corrected chi connectivity index (χ2v) is 4.60. The SMILES string of the molecule is O=CNc1cc(F)ccc1NC1CCC(O)CC1. The van der Waals surface area contributed by atoms with E-state index in [4.69, 9.17) is 0 Å². The van der Waals surface area contributed by atoms with Gasteiger partial charge in [0.05, 0.1) is 17.5 Å². The number of amides is 1. The van der Waals surface area contributed by atoms with Crippen molar-refractivity contribution in [2.24, 2.45) is 0 Å². The number of rotatable bonds is 4. The van der Waals surface area contributed by atoms with E-state index >= 15 is 0 Å². The summed E-state index contributed by atoms with van der Waals surface area (Å²) < 4.78 is 13.1. The van der Waals surface area contributed by atoms with Crippen LogP contribution in [0.25, 0.3) is 0 Å². The third-order valence-electron chi connectivity index (χ3n) is 3.25. The van der Waals surface area contributed by atoms with Crippen molar-refractivity contribution in [2.45, 2.75) is 37.8 Å². The fourth-order valence-corrected chi connectivity index (χ4v) is 2.27. The lowest BCUT2D eigenvalue weighted by Crippen LogP contribution is -2.28. The molecule has 1 aromatic rings. The van der Waals surface area contributed by atoms with Crippen LogP contribution < -0.4 is 10.6 Å².